The average Bonchev–Trinajstić information content (AvgIpc) is 3.22. The van der Waals surface area contributed by atoms with Crippen molar-refractivity contribution in [2.24, 2.45) is 0 Å². The van der Waals surface area contributed by atoms with Crippen LogP contribution in [0, 0.1) is 0 Å². The number of aromatic nitrogens is 2. The molecule has 0 spiro atoms. The number of piperazine rings is 1. The number of benzene rings is 1. The van der Waals surface area contributed by atoms with Gasteiger partial charge >= 0.3 is 0 Å². The van der Waals surface area contributed by atoms with Gasteiger partial charge in [0.25, 0.3) is 0 Å². The maximum absolute atomic E-state index is 13.3. The fraction of sp³-hybridized carbons (Fsp3) is 0.565. The molecule has 2 aromatic rings. The third-order valence-corrected chi connectivity index (χ3v) is 7.08. The van der Waals surface area contributed by atoms with Gasteiger partial charge in [0.1, 0.15) is 0 Å². The predicted molar refractivity (Wildman–Crippen MR) is 123 cm³/mol. The van der Waals surface area contributed by atoms with Crippen molar-refractivity contribution in [2.75, 3.05) is 43.4 Å². The molecule has 7 heteroatoms. The predicted octanol–water partition coefficient (Wildman–Crippen LogP) is 3.28. The fourth-order valence-corrected chi connectivity index (χ4v) is 5.15. The summed E-state index contributed by atoms with van der Waals surface area (Å²) < 4.78 is 2.04. The van der Waals surface area contributed by atoms with Crippen LogP contribution in [0.1, 0.15) is 33.3 Å². The zero-order chi connectivity index (χ0) is 21.3. The Morgan fingerprint density at radius 2 is 1.87 bits per heavy atom. The topological polar surface area (TPSA) is 44.6 Å². The highest BCUT2D eigenvalue weighted by atomic mass is 32.2. The van der Waals surface area contributed by atoms with E-state index in [4.69, 9.17) is 0 Å². The van der Waals surface area contributed by atoms with E-state index in [0.717, 1.165) is 50.7 Å². The van der Waals surface area contributed by atoms with Crippen molar-refractivity contribution in [2.45, 2.75) is 50.7 Å². The molecule has 2 aliphatic heterocycles. The second kappa shape index (κ2) is 8.73. The molecule has 0 saturated carbocycles. The highest BCUT2D eigenvalue weighted by Gasteiger charge is 2.31. The molecule has 1 saturated heterocycles. The van der Waals surface area contributed by atoms with Gasteiger partial charge in [0.15, 0.2) is 0 Å². The monoisotopic (exact) mass is 427 g/mol. The zero-order valence-electron chi connectivity index (χ0n) is 18.5. The Hall–Kier alpha value is -1.83. The smallest absolute Gasteiger partial charge is 0.244 e. The second-order valence-corrected chi connectivity index (χ2v) is 10.4. The SMILES string of the molecule is CC(C(=O)N1CCSc2ccccc21)N1CCN(Cc2cnn(C(C)(C)C)c2)CC1. The lowest BCUT2D eigenvalue weighted by Crippen LogP contribution is -2.55. The van der Waals surface area contributed by atoms with Crippen LogP contribution < -0.4 is 4.90 Å². The van der Waals surface area contributed by atoms with Crippen LogP contribution >= 0.6 is 11.8 Å². The Balaban J connectivity index is 1.33. The summed E-state index contributed by atoms with van der Waals surface area (Å²) in [6.07, 6.45) is 4.14. The summed E-state index contributed by atoms with van der Waals surface area (Å²) in [7, 11) is 0. The normalized spacial score (nSPS) is 19.5. The fourth-order valence-electron chi connectivity index (χ4n) is 4.16. The first kappa shape index (κ1) is 21.4. The van der Waals surface area contributed by atoms with Crippen molar-refractivity contribution < 1.29 is 4.79 Å². The molecule has 1 aromatic carbocycles. The molecule has 0 aliphatic carbocycles. The molecule has 30 heavy (non-hydrogen) atoms. The number of hydrogen-bond donors (Lipinski definition) is 0. The molecule has 1 aromatic heterocycles. The van der Waals surface area contributed by atoms with Crippen molar-refractivity contribution in [3.8, 4) is 0 Å². The van der Waals surface area contributed by atoms with Crippen LogP contribution in [0.15, 0.2) is 41.6 Å². The number of carbonyl (C=O) groups is 1. The maximum Gasteiger partial charge on any atom is 0.244 e. The van der Waals surface area contributed by atoms with Crippen molar-refractivity contribution in [1.82, 2.24) is 19.6 Å². The summed E-state index contributed by atoms with van der Waals surface area (Å²) in [4.78, 5) is 21.3. The van der Waals surface area contributed by atoms with Crippen molar-refractivity contribution in [3.05, 3.63) is 42.2 Å². The van der Waals surface area contributed by atoms with E-state index in [1.165, 1.54) is 10.5 Å². The zero-order valence-corrected chi connectivity index (χ0v) is 19.4. The Morgan fingerprint density at radius 3 is 2.57 bits per heavy atom. The highest BCUT2D eigenvalue weighted by molar-refractivity contribution is 7.99. The maximum atomic E-state index is 13.3. The minimum absolute atomic E-state index is 0.0122. The molecule has 3 heterocycles. The summed E-state index contributed by atoms with van der Waals surface area (Å²) in [5, 5.41) is 4.52. The quantitative estimate of drug-likeness (QED) is 0.749. The number of para-hydroxylation sites is 1. The van der Waals surface area contributed by atoms with E-state index in [2.05, 4.69) is 60.9 Å². The number of anilines is 1. The molecule has 2 aliphatic rings. The first-order valence-electron chi connectivity index (χ1n) is 10.9. The molecule has 1 amide bonds. The first-order valence-corrected chi connectivity index (χ1v) is 11.8. The Labute approximate surface area is 184 Å². The lowest BCUT2D eigenvalue weighted by atomic mass is 10.1. The number of fused-ring (bicyclic) bond motifs is 1. The molecule has 0 N–H and O–H groups in total. The summed E-state index contributed by atoms with van der Waals surface area (Å²) >= 11 is 1.84. The molecular formula is C23H33N5OS. The van der Waals surface area contributed by atoms with Crippen molar-refractivity contribution in [1.29, 1.82) is 0 Å². The molecule has 0 bridgehead atoms. The van der Waals surface area contributed by atoms with Gasteiger partial charge in [-0.15, -0.1) is 11.8 Å². The van der Waals surface area contributed by atoms with Crippen LogP contribution in [0.25, 0.3) is 0 Å². The van der Waals surface area contributed by atoms with Gasteiger partial charge in [-0.25, -0.2) is 0 Å². The molecule has 0 radical (unpaired) electrons. The van der Waals surface area contributed by atoms with Crippen molar-refractivity contribution >= 4 is 23.4 Å². The van der Waals surface area contributed by atoms with Gasteiger partial charge < -0.3 is 4.90 Å². The van der Waals surface area contributed by atoms with Gasteiger partial charge in [0, 0.05) is 61.7 Å². The number of hydrogen-bond acceptors (Lipinski definition) is 5. The Kier molecular flexibility index (Phi) is 6.23. The number of nitrogens with zero attached hydrogens (tertiary/aromatic N) is 5. The van der Waals surface area contributed by atoms with Crippen LogP contribution in [-0.4, -0.2) is 70.0 Å². The van der Waals surface area contributed by atoms with Gasteiger partial charge in [0.2, 0.25) is 5.91 Å². The minimum atomic E-state index is -0.0908. The van der Waals surface area contributed by atoms with Crippen LogP contribution in [0.5, 0.6) is 0 Å². The summed E-state index contributed by atoms with van der Waals surface area (Å²) in [6, 6.07) is 8.17. The van der Waals surface area contributed by atoms with E-state index in [0.29, 0.717) is 0 Å². The van der Waals surface area contributed by atoms with Gasteiger partial charge in [-0.1, -0.05) is 12.1 Å². The molecule has 6 nitrogen and oxygen atoms in total. The summed E-state index contributed by atoms with van der Waals surface area (Å²) in [5.74, 6) is 1.19. The van der Waals surface area contributed by atoms with Crippen LogP contribution in [-0.2, 0) is 16.9 Å². The molecule has 162 valence electrons. The van der Waals surface area contributed by atoms with E-state index in [1.54, 1.807) is 0 Å². The van der Waals surface area contributed by atoms with Gasteiger partial charge in [-0.3, -0.25) is 19.3 Å². The third kappa shape index (κ3) is 4.58. The molecule has 1 unspecified atom stereocenters. The van der Waals surface area contributed by atoms with Crippen LogP contribution in [0.4, 0.5) is 5.69 Å². The lowest BCUT2D eigenvalue weighted by molar-refractivity contribution is -0.124. The van der Waals surface area contributed by atoms with E-state index in [-0.39, 0.29) is 17.5 Å². The van der Waals surface area contributed by atoms with Crippen LogP contribution in [0.3, 0.4) is 0 Å². The van der Waals surface area contributed by atoms with Gasteiger partial charge in [0.05, 0.1) is 23.5 Å². The lowest BCUT2D eigenvalue weighted by Gasteiger charge is -2.39. The number of thioether (sulfide) groups is 1. The minimum Gasteiger partial charge on any atom is -0.309 e. The highest BCUT2D eigenvalue weighted by Crippen LogP contribution is 2.34. The molecule has 1 atom stereocenters. The molecule has 1 fully saturated rings. The summed E-state index contributed by atoms with van der Waals surface area (Å²) in [5.41, 5.74) is 2.34. The van der Waals surface area contributed by atoms with E-state index < -0.39 is 0 Å². The Bertz CT molecular complexity index is 882. The van der Waals surface area contributed by atoms with Gasteiger partial charge in [-0.2, -0.15) is 5.10 Å². The molecule has 4 rings (SSSR count). The second-order valence-electron chi connectivity index (χ2n) is 9.26. The first-order chi connectivity index (χ1) is 14.3. The standard InChI is InChI=1S/C23H33N5OS/c1-18(22(29)27-13-14-30-21-8-6-5-7-20(21)27)26-11-9-25(10-12-26)16-19-15-24-28(17-19)23(2,3)4/h5-8,15,17-18H,9-14,16H2,1-4H3. The Morgan fingerprint density at radius 1 is 1.13 bits per heavy atom. The molecular weight excluding hydrogens is 394 g/mol. The van der Waals surface area contributed by atoms with Gasteiger partial charge in [-0.05, 0) is 39.8 Å². The number of amides is 1. The summed E-state index contributed by atoms with van der Waals surface area (Å²) in [6.45, 7) is 14.1. The third-order valence-electron chi connectivity index (χ3n) is 6.04. The van der Waals surface area contributed by atoms with Crippen molar-refractivity contribution in [3.63, 3.8) is 0 Å². The van der Waals surface area contributed by atoms with E-state index in [9.17, 15) is 4.79 Å². The number of rotatable bonds is 4. The number of carbonyl (C=O) groups excluding carboxylic acids is 1. The van der Waals surface area contributed by atoms with E-state index in [1.807, 2.05) is 39.7 Å². The largest absolute Gasteiger partial charge is 0.309 e. The van der Waals surface area contributed by atoms with E-state index >= 15 is 0 Å². The van der Waals surface area contributed by atoms with Crippen LogP contribution in [0.2, 0.25) is 0 Å². The average molecular weight is 428 g/mol.